The van der Waals surface area contributed by atoms with E-state index in [0.29, 0.717) is 13.0 Å². The Morgan fingerprint density at radius 2 is 1.84 bits per heavy atom. The van der Waals surface area contributed by atoms with Gasteiger partial charge in [0.15, 0.2) is 5.96 Å². The zero-order valence-corrected chi connectivity index (χ0v) is 16.8. The van der Waals surface area contributed by atoms with Gasteiger partial charge in [-0.1, -0.05) is 0 Å². The van der Waals surface area contributed by atoms with Crippen LogP contribution in [0.2, 0.25) is 0 Å². The molecule has 0 aromatic rings. The van der Waals surface area contributed by atoms with Gasteiger partial charge in [-0.3, -0.25) is 29.5 Å². The van der Waals surface area contributed by atoms with Crippen molar-refractivity contribution in [1.29, 1.82) is 0 Å². The zero-order valence-electron chi connectivity index (χ0n) is 16.8. The number of carbonyl (C=O) groups is 5. The molecule has 0 aliphatic carbocycles. The standard InChI is InChI=1S/C17H28N8O6/c18-9-5-12(26)23-8-4-11(21-6-8)15(29)25-17(19)20-3-1-2-10(16(30)31)24-13(27)7-22-14(9)28/h8-11,21H,1-7,18H2,(H,22,28)(H,23,26)(H,24,27)(H,30,31)(H3,19,20,25,29)/t8-,9-,10+,11-/m0/s1. The lowest BCUT2D eigenvalue weighted by Gasteiger charge is -2.17. The topological polar surface area (TPSA) is 230 Å². The molecular formula is C17H28N8O6. The van der Waals surface area contributed by atoms with Crippen molar-refractivity contribution in [3.63, 3.8) is 0 Å². The lowest BCUT2D eigenvalue weighted by atomic mass is 10.1. The Morgan fingerprint density at radius 1 is 1.10 bits per heavy atom. The fourth-order valence-corrected chi connectivity index (χ4v) is 3.17. The van der Waals surface area contributed by atoms with E-state index in [1.165, 1.54) is 0 Å². The Kier molecular flexibility index (Phi) is 8.69. The van der Waals surface area contributed by atoms with Crippen LogP contribution in [0.25, 0.3) is 0 Å². The second kappa shape index (κ2) is 11.2. The van der Waals surface area contributed by atoms with Crippen LogP contribution in [0.5, 0.6) is 0 Å². The Labute approximate surface area is 177 Å². The molecule has 0 aromatic carbocycles. The van der Waals surface area contributed by atoms with E-state index in [4.69, 9.17) is 11.5 Å². The molecule has 14 nitrogen and oxygen atoms in total. The first-order valence-electron chi connectivity index (χ1n) is 9.84. The number of carbonyl (C=O) groups excluding carboxylic acids is 4. The molecule has 172 valence electrons. The monoisotopic (exact) mass is 440 g/mol. The van der Waals surface area contributed by atoms with Crippen LogP contribution < -0.4 is 38.1 Å². The molecule has 4 atom stereocenters. The van der Waals surface area contributed by atoms with Crippen molar-refractivity contribution in [2.24, 2.45) is 16.5 Å². The summed E-state index contributed by atoms with van der Waals surface area (Å²) in [6, 6.07) is -3.31. The van der Waals surface area contributed by atoms with Crippen molar-refractivity contribution in [2.45, 2.75) is 49.9 Å². The lowest BCUT2D eigenvalue weighted by Crippen LogP contribution is -2.50. The fraction of sp³-hybridized carbons (Fsp3) is 0.647. The van der Waals surface area contributed by atoms with Crippen LogP contribution in [0.4, 0.5) is 0 Å². The van der Waals surface area contributed by atoms with Crippen molar-refractivity contribution < 1.29 is 29.1 Å². The number of carboxylic acids is 1. The summed E-state index contributed by atoms with van der Waals surface area (Å²) >= 11 is 0. The highest BCUT2D eigenvalue weighted by atomic mass is 16.4. The van der Waals surface area contributed by atoms with Crippen molar-refractivity contribution >= 4 is 35.6 Å². The van der Waals surface area contributed by atoms with Crippen molar-refractivity contribution in [1.82, 2.24) is 26.6 Å². The van der Waals surface area contributed by atoms with Crippen LogP contribution in [-0.2, 0) is 24.0 Å². The number of nitrogens with one attached hydrogen (secondary N) is 5. The van der Waals surface area contributed by atoms with Crippen LogP contribution in [-0.4, -0.2) is 84.5 Å². The van der Waals surface area contributed by atoms with Gasteiger partial charge in [0.1, 0.15) is 6.04 Å². The van der Waals surface area contributed by atoms with Crippen LogP contribution in [0.3, 0.4) is 0 Å². The van der Waals surface area contributed by atoms with Gasteiger partial charge in [0.2, 0.25) is 23.6 Å². The average molecular weight is 440 g/mol. The molecule has 2 aliphatic rings. The van der Waals surface area contributed by atoms with Crippen LogP contribution in [0.1, 0.15) is 25.7 Å². The highest BCUT2D eigenvalue weighted by Crippen LogP contribution is 2.07. The third-order valence-corrected chi connectivity index (χ3v) is 4.80. The minimum Gasteiger partial charge on any atom is -0.480 e. The molecule has 4 amide bonds. The van der Waals surface area contributed by atoms with Crippen LogP contribution >= 0.6 is 0 Å². The van der Waals surface area contributed by atoms with E-state index < -0.39 is 54.3 Å². The molecule has 0 radical (unpaired) electrons. The van der Waals surface area contributed by atoms with Crippen molar-refractivity contribution in [3.05, 3.63) is 0 Å². The summed E-state index contributed by atoms with van der Waals surface area (Å²) in [5.74, 6) is -3.70. The number of hydrogen-bond acceptors (Lipinski definition) is 9. The van der Waals surface area contributed by atoms with Gasteiger partial charge in [-0.2, -0.15) is 0 Å². The van der Waals surface area contributed by atoms with E-state index in [1.807, 2.05) is 0 Å². The van der Waals surface area contributed by atoms with E-state index in [-0.39, 0.29) is 37.8 Å². The molecule has 0 unspecified atom stereocenters. The number of aliphatic carboxylic acids is 1. The molecule has 1 saturated heterocycles. The van der Waals surface area contributed by atoms with E-state index in [0.717, 1.165) is 0 Å². The summed E-state index contributed by atoms with van der Waals surface area (Å²) in [6.07, 6.45) is 0.330. The first kappa shape index (κ1) is 24.0. The molecule has 2 aliphatic heterocycles. The van der Waals surface area contributed by atoms with Crippen molar-refractivity contribution in [3.8, 4) is 0 Å². The number of fused-ring (bicyclic) bond motifs is 2. The Bertz CT molecular complexity index is 757. The van der Waals surface area contributed by atoms with E-state index in [9.17, 15) is 29.1 Å². The lowest BCUT2D eigenvalue weighted by molar-refractivity contribution is -0.142. The maximum atomic E-state index is 12.3. The number of hydrogen-bond donors (Lipinski definition) is 8. The molecule has 2 bridgehead atoms. The van der Waals surface area contributed by atoms with Gasteiger partial charge in [-0.25, -0.2) is 4.79 Å². The van der Waals surface area contributed by atoms with E-state index >= 15 is 0 Å². The molecule has 14 heteroatoms. The summed E-state index contributed by atoms with van der Waals surface area (Å²) < 4.78 is 0. The maximum Gasteiger partial charge on any atom is 0.326 e. The number of nitrogens with two attached hydrogens (primary N) is 2. The second-order valence-corrected chi connectivity index (χ2v) is 7.35. The number of nitrogens with zero attached hydrogens (tertiary/aromatic N) is 1. The van der Waals surface area contributed by atoms with Gasteiger partial charge in [0, 0.05) is 19.1 Å². The highest BCUT2D eigenvalue weighted by molar-refractivity contribution is 5.98. The average Bonchev–Trinajstić information content (AvgIpc) is 3.15. The summed E-state index contributed by atoms with van der Waals surface area (Å²) in [6.45, 7) is -0.00349. The predicted molar refractivity (Wildman–Crippen MR) is 107 cm³/mol. The van der Waals surface area contributed by atoms with Gasteiger partial charge in [0.05, 0.1) is 25.0 Å². The number of rotatable bonds is 1. The highest BCUT2D eigenvalue weighted by Gasteiger charge is 2.31. The second-order valence-electron chi connectivity index (χ2n) is 7.35. The van der Waals surface area contributed by atoms with E-state index in [1.54, 1.807) is 0 Å². The minimum atomic E-state index is -1.25. The number of amides is 4. The van der Waals surface area contributed by atoms with Gasteiger partial charge in [-0.15, -0.1) is 0 Å². The Hall–Kier alpha value is -3.26. The summed E-state index contributed by atoms with van der Waals surface area (Å²) in [5.41, 5.74) is 11.4. The summed E-state index contributed by atoms with van der Waals surface area (Å²) in [7, 11) is 0. The first-order valence-corrected chi connectivity index (χ1v) is 9.84. The molecule has 31 heavy (non-hydrogen) atoms. The third kappa shape index (κ3) is 7.82. The molecule has 10 N–H and O–H groups in total. The molecule has 2 heterocycles. The quantitative estimate of drug-likeness (QED) is 0.196. The van der Waals surface area contributed by atoms with Gasteiger partial charge in [-0.05, 0) is 19.3 Å². The van der Waals surface area contributed by atoms with Crippen LogP contribution in [0.15, 0.2) is 4.99 Å². The molecule has 0 aromatic heterocycles. The molecule has 0 spiro atoms. The minimum absolute atomic E-state index is 0.0608. The van der Waals surface area contributed by atoms with Crippen LogP contribution in [0, 0.1) is 0 Å². The third-order valence-electron chi connectivity index (χ3n) is 4.80. The number of aliphatic imine (C=N–C) groups is 1. The summed E-state index contributed by atoms with van der Waals surface area (Å²) in [5, 5.41) is 21.9. The smallest absolute Gasteiger partial charge is 0.326 e. The Morgan fingerprint density at radius 3 is 2.55 bits per heavy atom. The fourth-order valence-electron chi connectivity index (χ4n) is 3.17. The van der Waals surface area contributed by atoms with Crippen molar-refractivity contribution in [2.75, 3.05) is 19.6 Å². The van der Waals surface area contributed by atoms with Gasteiger partial charge >= 0.3 is 5.97 Å². The summed E-state index contributed by atoms with van der Waals surface area (Å²) in [4.78, 5) is 63.7. The predicted octanol–water partition coefficient (Wildman–Crippen LogP) is -4.54. The molecule has 0 saturated carbocycles. The zero-order chi connectivity index (χ0) is 23.0. The van der Waals surface area contributed by atoms with Gasteiger partial charge in [0.25, 0.3) is 0 Å². The largest absolute Gasteiger partial charge is 0.480 e. The Balaban J connectivity index is 2.07. The SMILES string of the molecule is NC1=NCCC[C@H](C(=O)O)NC(=O)CNC(=O)[C@@H](N)CC(=O)N[C@@H]2CN[C@@H](C2)C(=O)N1. The normalized spacial score (nSPS) is 29.6. The molecular weight excluding hydrogens is 412 g/mol. The van der Waals surface area contributed by atoms with E-state index in [2.05, 4.69) is 31.6 Å². The molecule has 2 rings (SSSR count). The number of guanidine groups is 1. The molecule has 1 fully saturated rings. The first-order chi connectivity index (χ1) is 14.7. The maximum absolute atomic E-state index is 12.3. The number of carboxylic acid groups (broad SMARTS) is 1. The van der Waals surface area contributed by atoms with Gasteiger partial charge < -0.3 is 37.8 Å².